The van der Waals surface area contributed by atoms with Crippen molar-refractivity contribution in [3.8, 4) is 11.3 Å². The van der Waals surface area contributed by atoms with Gasteiger partial charge in [-0.2, -0.15) is 0 Å². The number of fused-ring (bicyclic) bond motifs is 1. The molecule has 27 heavy (non-hydrogen) atoms. The molecule has 1 aliphatic rings. The Morgan fingerprint density at radius 3 is 2.59 bits per heavy atom. The second-order valence-electron chi connectivity index (χ2n) is 6.72. The summed E-state index contributed by atoms with van der Waals surface area (Å²) >= 11 is 0. The minimum Gasteiger partial charge on any atom is -0.369 e. The second kappa shape index (κ2) is 6.62. The number of carbonyl (C=O) groups is 1. The van der Waals surface area contributed by atoms with Crippen LogP contribution in [-0.4, -0.2) is 46.5 Å². The highest BCUT2D eigenvalue weighted by molar-refractivity contribution is 5.91. The summed E-state index contributed by atoms with van der Waals surface area (Å²) in [4.78, 5) is 22.4. The molecular formula is C19H21FN6O. The molecule has 3 N–H and O–H groups in total. The fraction of sp³-hybridized carbons (Fsp3) is 0.316. The van der Waals surface area contributed by atoms with Gasteiger partial charge in [-0.25, -0.2) is 14.4 Å². The summed E-state index contributed by atoms with van der Waals surface area (Å²) in [6.07, 6.45) is 1.52. The molecule has 3 heterocycles. The summed E-state index contributed by atoms with van der Waals surface area (Å²) in [6.45, 7) is 7.04. The van der Waals surface area contributed by atoms with Crippen LogP contribution in [0.5, 0.6) is 0 Å². The normalized spacial score (nSPS) is 14.7. The van der Waals surface area contributed by atoms with E-state index in [1.807, 2.05) is 13.0 Å². The highest BCUT2D eigenvalue weighted by Gasteiger charge is 2.20. The van der Waals surface area contributed by atoms with Crippen LogP contribution in [0.25, 0.3) is 16.9 Å². The van der Waals surface area contributed by atoms with Gasteiger partial charge in [0.25, 0.3) is 5.91 Å². The quantitative estimate of drug-likeness (QED) is 0.734. The number of anilines is 1. The molecule has 1 aromatic carbocycles. The van der Waals surface area contributed by atoms with E-state index >= 15 is 4.39 Å². The van der Waals surface area contributed by atoms with Crippen molar-refractivity contribution in [2.75, 3.05) is 31.1 Å². The van der Waals surface area contributed by atoms with Gasteiger partial charge in [0.05, 0.1) is 17.1 Å². The number of amides is 1. The largest absolute Gasteiger partial charge is 0.369 e. The van der Waals surface area contributed by atoms with Crippen molar-refractivity contribution in [1.82, 2.24) is 19.7 Å². The van der Waals surface area contributed by atoms with Crippen LogP contribution in [0.1, 0.15) is 21.9 Å². The first-order valence-electron chi connectivity index (χ1n) is 8.87. The van der Waals surface area contributed by atoms with E-state index in [1.54, 1.807) is 23.5 Å². The number of rotatable bonds is 3. The van der Waals surface area contributed by atoms with Gasteiger partial charge in [0.15, 0.2) is 5.65 Å². The fourth-order valence-corrected chi connectivity index (χ4v) is 3.57. The Balaban J connectivity index is 1.84. The molecule has 1 aliphatic heterocycles. The smallest absolute Gasteiger partial charge is 0.268 e. The molecule has 0 unspecified atom stereocenters. The third-order valence-electron chi connectivity index (χ3n) is 4.89. The number of imidazole rings is 1. The number of nitrogens with zero attached hydrogens (tertiary/aromatic N) is 4. The van der Waals surface area contributed by atoms with Crippen molar-refractivity contribution in [3.05, 3.63) is 47.3 Å². The highest BCUT2D eigenvalue weighted by Crippen LogP contribution is 2.30. The Morgan fingerprint density at radius 2 is 1.93 bits per heavy atom. The van der Waals surface area contributed by atoms with Crippen LogP contribution in [-0.2, 0) is 0 Å². The van der Waals surface area contributed by atoms with E-state index in [4.69, 9.17) is 5.73 Å². The van der Waals surface area contributed by atoms with Gasteiger partial charge in [0, 0.05) is 43.6 Å². The standard InChI is InChI=1S/C19H21FN6O/c1-11-17(26-10-16(18(21)27)23-12(2)19(26)24-11)14-4-3-13(9-15(14)20)25-7-5-22-6-8-25/h3-4,9-10,22H,5-8H2,1-2H3,(H2,21,27). The highest BCUT2D eigenvalue weighted by atomic mass is 19.1. The minimum atomic E-state index is -0.633. The molecule has 140 valence electrons. The average Bonchev–Trinajstić information content (AvgIpc) is 2.99. The Hall–Kier alpha value is -3.00. The van der Waals surface area contributed by atoms with Gasteiger partial charge in [-0.05, 0) is 32.0 Å². The predicted octanol–water partition coefficient (Wildman–Crippen LogP) is 1.66. The van der Waals surface area contributed by atoms with Crippen molar-refractivity contribution in [2.45, 2.75) is 13.8 Å². The van der Waals surface area contributed by atoms with Crippen molar-refractivity contribution in [1.29, 1.82) is 0 Å². The Morgan fingerprint density at radius 1 is 1.19 bits per heavy atom. The number of hydrogen-bond donors (Lipinski definition) is 2. The monoisotopic (exact) mass is 368 g/mol. The van der Waals surface area contributed by atoms with Crippen LogP contribution >= 0.6 is 0 Å². The molecule has 1 amide bonds. The lowest BCUT2D eigenvalue weighted by atomic mass is 10.1. The summed E-state index contributed by atoms with van der Waals surface area (Å²) in [5.74, 6) is -0.960. The molecule has 0 saturated carbocycles. The SMILES string of the molecule is Cc1nc2c(C)nc(C(N)=O)cn2c1-c1ccc(N2CCNCC2)cc1F. The number of hydrogen-bond acceptors (Lipinski definition) is 5. The van der Waals surface area contributed by atoms with E-state index < -0.39 is 5.91 Å². The lowest BCUT2D eigenvalue weighted by molar-refractivity contribution is 0.0995. The predicted molar refractivity (Wildman–Crippen MR) is 101 cm³/mol. The molecule has 0 radical (unpaired) electrons. The maximum Gasteiger partial charge on any atom is 0.268 e. The Bertz CT molecular complexity index is 1040. The van der Waals surface area contributed by atoms with Crippen molar-refractivity contribution >= 4 is 17.2 Å². The van der Waals surface area contributed by atoms with Gasteiger partial charge in [-0.1, -0.05) is 0 Å². The summed E-state index contributed by atoms with van der Waals surface area (Å²) in [6, 6.07) is 5.25. The topological polar surface area (TPSA) is 88.5 Å². The van der Waals surface area contributed by atoms with Crippen LogP contribution < -0.4 is 16.0 Å². The number of piperazine rings is 1. The summed E-state index contributed by atoms with van der Waals surface area (Å²) < 4.78 is 16.7. The van der Waals surface area contributed by atoms with Crippen molar-refractivity contribution in [2.24, 2.45) is 5.73 Å². The van der Waals surface area contributed by atoms with Gasteiger partial charge < -0.3 is 16.0 Å². The van der Waals surface area contributed by atoms with Gasteiger partial charge in [-0.3, -0.25) is 9.20 Å². The molecule has 2 aromatic heterocycles. The minimum absolute atomic E-state index is 0.122. The van der Waals surface area contributed by atoms with E-state index in [1.165, 1.54) is 6.20 Å². The molecule has 0 bridgehead atoms. The number of primary amides is 1. The number of benzene rings is 1. The van der Waals surface area contributed by atoms with Crippen molar-refractivity contribution in [3.63, 3.8) is 0 Å². The molecule has 0 aliphatic carbocycles. The van der Waals surface area contributed by atoms with Crippen LogP contribution in [0.15, 0.2) is 24.4 Å². The zero-order valence-electron chi connectivity index (χ0n) is 15.3. The van der Waals surface area contributed by atoms with E-state index in [0.717, 1.165) is 31.9 Å². The van der Waals surface area contributed by atoms with E-state index in [0.29, 0.717) is 28.3 Å². The molecular weight excluding hydrogens is 347 g/mol. The fourth-order valence-electron chi connectivity index (χ4n) is 3.57. The lowest BCUT2D eigenvalue weighted by Crippen LogP contribution is -2.43. The number of aryl methyl sites for hydroxylation is 2. The third-order valence-corrected chi connectivity index (χ3v) is 4.89. The van der Waals surface area contributed by atoms with Crippen LogP contribution in [0.4, 0.5) is 10.1 Å². The first kappa shape index (κ1) is 17.4. The number of nitrogens with one attached hydrogen (secondary N) is 1. The average molecular weight is 368 g/mol. The first-order chi connectivity index (χ1) is 13.0. The van der Waals surface area contributed by atoms with Crippen LogP contribution in [0.2, 0.25) is 0 Å². The molecule has 3 aromatic rings. The second-order valence-corrected chi connectivity index (χ2v) is 6.72. The molecule has 8 heteroatoms. The van der Waals surface area contributed by atoms with Gasteiger partial charge in [0.2, 0.25) is 0 Å². The number of aromatic nitrogens is 3. The first-order valence-corrected chi connectivity index (χ1v) is 8.87. The Labute approximate surface area is 156 Å². The van der Waals surface area contributed by atoms with E-state index in [9.17, 15) is 4.79 Å². The molecule has 1 fully saturated rings. The molecule has 0 spiro atoms. The van der Waals surface area contributed by atoms with Gasteiger partial charge in [-0.15, -0.1) is 0 Å². The van der Waals surface area contributed by atoms with Crippen molar-refractivity contribution < 1.29 is 9.18 Å². The summed E-state index contributed by atoms with van der Waals surface area (Å²) in [5, 5.41) is 3.29. The van der Waals surface area contributed by atoms with E-state index in [2.05, 4.69) is 20.2 Å². The Kier molecular flexibility index (Phi) is 4.27. The van der Waals surface area contributed by atoms with Crippen LogP contribution in [0, 0.1) is 19.7 Å². The maximum atomic E-state index is 15.0. The van der Waals surface area contributed by atoms with E-state index in [-0.39, 0.29) is 11.5 Å². The van der Waals surface area contributed by atoms with Gasteiger partial charge >= 0.3 is 0 Å². The number of halogens is 1. The molecule has 1 saturated heterocycles. The number of nitrogens with two attached hydrogens (primary N) is 1. The van der Waals surface area contributed by atoms with Crippen LogP contribution in [0.3, 0.4) is 0 Å². The zero-order valence-corrected chi connectivity index (χ0v) is 15.3. The molecule has 7 nitrogen and oxygen atoms in total. The van der Waals surface area contributed by atoms with Gasteiger partial charge in [0.1, 0.15) is 11.5 Å². The third kappa shape index (κ3) is 3.02. The zero-order chi connectivity index (χ0) is 19.1. The molecule has 4 rings (SSSR count). The lowest BCUT2D eigenvalue weighted by Gasteiger charge is -2.29. The summed E-state index contributed by atoms with van der Waals surface area (Å²) in [7, 11) is 0. The summed E-state index contributed by atoms with van der Waals surface area (Å²) in [5.41, 5.74) is 9.21. The number of carbonyl (C=O) groups excluding carboxylic acids is 1. The maximum absolute atomic E-state index is 15.0. The molecule has 0 atom stereocenters.